The van der Waals surface area contributed by atoms with E-state index in [0.29, 0.717) is 30.6 Å². The fraction of sp³-hybridized carbons (Fsp3) is 0.278. The molecule has 0 spiro atoms. The smallest absolute Gasteiger partial charge is 0.231 e. The van der Waals surface area contributed by atoms with Crippen LogP contribution in [0, 0.1) is 11.8 Å². The maximum absolute atomic E-state index is 12.1. The van der Waals surface area contributed by atoms with Gasteiger partial charge in [0.2, 0.25) is 19.4 Å². The Labute approximate surface area is 260 Å². The molecule has 1 aliphatic carbocycles. The molecular weight excluding hydrogens is 576 g/mol. The Morgan fingerprint density at radius 1 is 0.733 bits per heavy atom. The third-order valence-corrected chi connectivity index (χ3v) is 8.74. The summed E-state index contributed by atoms with van der Waals surface area (Å²) in [6, 6.07) is 21.6. The Bertz CT molecular complexity index is 1620. The Kier molecular flexibility index (Phi) is 7.87. The highest BCUT2D eigenvalue weighted by molar-refractivity contribution is 6.19. The summed E-state index contributed by atoms with van der Waals surface area (Å²) in [6.45, 7) is 5.69. The zero-order chi connectivity index (χ0) is 30.9. The molecular formula is C36H32O9. The van der Waals surface area contributed by atoms with Crippen LogP contribution in [-0.4, -0.2) is 45.5 Å². The fourth-order valence-electron chi connectivity index (χ4n) is 6.48. The van der Waals surface area contributed by atoms with E-state index >= 15 is 0 Å². The lowest BCUT2D eigenvalue weighted by atomic mass is 9.85. The van der Waals surface area contributed by atoms with Gasteiger partial charge in [0, 0.05) is 29.4 Å². The highest BCUT2D eigenvalue weighted by atomic mass is 16.7. The highest BCUT2D eigenvalue weighted by Crippen LogP contribution is 2.52. The topological polar surface area (TPSA) is 98.8 Å². The maximum atomic E-state index is 12.1. The van der Waals surface area contributed by atoms with Crippen LogP contribution in [0.3, 0.4) is 0 Å². The molecule has 8 rings (SSSR count). The van der Waals surface area contributed by atoms with E-state index in [1.165, 1.54) is 19.3 Å². The Balaban J connectivity index is 0.000000153. The van der Waals surface area contributed by atoms with Crippen molar-refractivity contribution in [2.24, 2.45) is 11.8 Å². The van der Waals surface area contributed by atoms with Crippen LogP contribution < -0.4 is 18.9 Å². The number of hydrogen-bond donors (Lipinski definition) is 0. The van der Waals surface area contributed by atoms with Gasteiger partial charge in [-0.3, -0.25) is 9.59 Å². The summed E-state index contributed by atoms with van der Waals surface area (Å²) >= 11 is 0. The summed E-state index contributed by atoms with van der Waals surface area (Å²) in [5.74, 6) is 3.11. The summed E-state index contributed by atoms with van der Waals surface area (Å²) in [6.07, 6.45) is 4.28. The standard InChI is InChI=1S/C20H18O6.C16H14O3/c1-3-15-17(25-9-23-15)5-11(1)19-13-7-22-20(14(13)8-21-19)12-2-4-16-18(6-12)26-10-24-16;1-3-12(11-7-5-4-6-8-11)13-9-15(18)16(19-2)10-14(13)17/h1-6,13-14,19-20H,7-10H2;3-10,12H,1H2,2H3. The molecule has 45 heavy (non-hydrogen) atoms. The molecule has 0 radical (unpaired) electrons. The first-order valence-electron chi connectivity index (χ1n) is 14.8. The normalized spacial score (nSPS) is 24.6. The monoisotopic (exact) mass is 608 g/mol. The molecule has 0 aromatic heterocycles. The number of hydrogen-bond acceptors (Lipinski definition) is 9. The number of methoxy groups -OCH3 is 1. The van der Waals surface area contributed by atoms with Crippen molar-refractivity contribution in [2.45, 2.75) is 18.1 Å². The lowest BCUT2D eigenvalue weighted by Crippen LogP contribution is -2.18. The van der Waals surface area contributed by atoms with Crippen LogP contribution in [-0.2, 0) is 23.8 Å². The van der Waals surface area contributed by atoms with Crippen molar-refractivity contribution in [2.75, 3.05) is 33.9 Å². The van der Waals surface area contributed by atoms with Crippen molar-refractivity contribution in [3.8, 4) is 23.0 Å². The SMILES string of the molecule is C=CC(C1=CC(=O)C(OC)=CC1=O)c1ccccc1.c1cc2c(cc1C1OCC3C(c4ccc5c(c4)OCO5)OCC13)OCO2. The molecule has 0 amide bonds. The molecule has 2 saturated heterocycles. The summed E-state index contributed by atoms with van der Waals surface area (Å²) in [4.78, 5) is 23.8. The van der Waals surface area contributed by atoms with E-state index in [1.807, 2.05) is 54.6 Å². The number of benzene rings is 3. The van der Waals surface area contributed by atoms with Crippen LogP contribution in [0.25, 0.3) is 0 Å². The summed E-state index contributed by atoms with van der Waals surface area (Å²) < 4.78 is 39.0. The Morgan fingerprint density at radius 3 is 1.82 bits per heavy atom. The molecule has 3 aromatic rings. The second kappa shape index (κ2) is 12.3. The van der Waals surface area contributed by atoms with Gasteiger partial charge in [-0.05, 0) is 47.0 Å². The van der Waals surface area contributed by atoms with Gasteiger partial charge in [-0.2, -0.15) is 0 Å². The van der Waals surface area contributed by atoms with E-state index in [9.17, 15) is 9.59 Å². The molecule has 5 atom stereocenters. The van der Waals surface area contributed by atoms with Crippen LogP contribution in [0.1, 0.15) is 34.8 Å². The van der Waals surface area contributed by atoms with Crippen molar-refractivity contribution >= 4 is 11.6 Å². The fourth-order valence-corrected chi connectivity index (χ4v) is 6.48. The van der Waals surface area contributed by atoms with Gasteiger partial charge in [0.1, 0.15) is 0 Å². The second-order valence-electron chi connectivity index (χ2n) is 11.2. The number of rotatable bonds is 6. The average molecular weight is 609 g/mol. The molecule has 2 fully saturated rings. The van der Waals surface area contributed by atoms with Crippen molar-refractivity contribution in [3.05, 3.63) is 120 Å². The number of carbonyl (C=O) groups excluding carboxylic acids is 2. The minimum absolute atomic E-state index is 0.0218. The summed E-state index contributed by atoms with van der Waals surface area (Å²) in [7, 11) is 1.37. The number of fused-ring (bicyclic) bond motifs is 3. The van der Waals surface area contributed by atoms with Gasteiger partial charge in [0.15, 0.2) is 34.5 Å². The lowest BCUT2D eigenvalue weighted by Gasteiger charge is -2.18. The number of allylic oxidation sites excluding steroid dienone is 4. The largest absolute Gasteiger partial charge is 0.493 e. The highest BCUT2D eigenvalue weighted by Gasteiger charge is 2.48. The molecule has 5 unspecified atom stereocenters. The number of ether oxygens (including phenoxy) is 7. The number of carbonyl (C=O) groups is 2. The van der Waals surface area contributed by atoms with Gasteiger partial charge in [0.25, 0.3) is 0 Å². The Hall–Kier alpha value is -4.86. The molecule has 4 aliphatic heterocycles. The minimum atomic E-state index is -0.292. The van der Waals surface area contributed by atoms with Gasteiger partial charge >= 0.3 is 0 Å². The Morgan fingerprint density at radius 2 is 1.29 bits per heavy atom. The number of ketones is 2. The first kappa shape index (κ1) is 28.9. The third-order valence-electron chi connectivity index (χ3n) is 8.74. The van der Waals surface area contributed by atoms with Crippen LogP contribution in [0.2, 0.25) is 0 Å². The van der Waals surface area contributed by atoms with Crippen molar-refractivity contribution in [3.63, 3.8) is 0 Å². The molecule has 5 aliphatic rings. The third kappa shape index (κ3) is 5.49. The van der Waals surface area contributed by atoms with E-state index in [2.05, 4.69) is 18.7 Å². The van der Waals surface area contributed by atoms with E-state index in [4.69, 9.17) is 33.2 Å². The van der Waals surface area contributed by atoms with Crippen LogP contribution >= 0.6 is 0 Å². The van der Waals surface area contributed by atoms with E-state index in [0.717, 1.165) is 39.7 Å². The van der Waals surface area contributed by atoms with Crippen LogP contribution in [0.15, 0.2) is 103 Å². The molecule has 0 saturated carbocycles. The van der Waals surface area contributed by atoms with Gasteiger partial charge in [0.05, 0.1) is 32.5 Å². The molecule has 9 heteroatoms. The molecule has 0 N–H and O–H groups in total. The summed E-state index contributed by atoms with van der Waals surface area (Å²) in [5, 5.41) is 0. The zero-order valence-corrected chi connectivity index (χ0v) is 24.7. The average Bonchev–Trinajstić information content (AvgIpc) is 3.88. The molecule has 4 heterocycles. The maximum Gasteiger partial charge on any atom is 0.231 e. The van der Waals surface area contributed by atoms with Crippen molar-refractivity contribution in [1.29, 1.82) is 0 Å². The first-order chi connectivity index (χ1) is 22.0. The van der Waals surface area contributed by atoms with Gasteiger partial charge in [-0.15, -0.1) is 6.58 Å². The van der Waals surface area contributed by atoms with Crippen molar-refractivity contribution < 1.29 is 42.7 Å². The van der Waals surface area contributed by atoms with Crippen LogP contribution in [0.5, 0.6) is 23.0 Å². The molecule has 230 valence electrons. The predicted octanol–water partition coefficient (Wildman–Crippen LogP) is 5.78. The lowest BCUT2D eigenvalue weighted by molar-refractivity contribution is -0.117. The van der Waals surface area contributed by atoms with Crippen molar-refractivity contribution in [1.82, 2.24) is 0 Å². The summed E-state index contributed by atoms with van der Waals surface area (Å²) in [5.41, 5.74) is 3.60. The van der Waals surface area contributed by atoms with Gasteiger partial charge in [-0.1, -0.05) is 48.5 Å². The van der Waals surface area contributed by atoms with E-state index in [-0.39, 0.29) is 49.0 Å². The van der Waals surface area contributed by atoms with E-state index < -0.39 is 0 Å². The zero-order valence-electron chi connectivity index (χ0n) is 24.7. The van der Waals surface area contributed by atoms with Gasteiger partial charge in [-0.25, -0.2) is 0 Å². The van der Waals surface area contributed by atoms with Gasteiger partial charge < -0.3 is 33.2 Å². The van der Waals surface area contributed by atoms with Crippen LogP contribution in [0.4, 0.5) is 0 Å². The predicted molar refractivity (Wildman–Crippen MR) is 162 cm³/mol. The van der Waals surface area contributed by atoms with E-state index in [1.54, 1.807) is 6.08 Å². The quantitative estimate of drug-likeness (QED) is 0.255. The minimum Gasteiger partial charge on any atom is -0.493 e. The first-order valence-corrected chi connectivity index (χ1v) is 14.8. The molecule has 3 aromatic carbocycles. The molecule has 9 nitrogen and oxygen atoms in total. The second-order valence-corrected chi connectivity index (χ2v) is 11.2. The molecule has 0 bridgehead atoms.